The van der Waals surface area contributed by atoms with Gasteiger partial charge in [0.25, 0.3) is 0 Å². The zero-order chi connectivity index (χ0) is 17.5. The van der Waals surface area contributed by atoms with Gasteiger partial charge in [0.05, 0.1) is 22.7 Å². The quantitative estimate of drug-likeness (QED) is 0.885. The Bertz CT molecular complexity index is 821. The highest BCUT2D eigenvalue weighted by Gasteiger charge is 2.31. The molecule has 0 spiro atoms. The van der Waals surface area contributed by atoms with Gasteiger partial charge in [0.1, 0.15) is 0 Å². The lowest BCUT2D eigenvalue weighted by Gasteiger charge is -2.40. The Labute approximate surface area is 142 Å². The van der Waals surface area contributed by atoms with Crippen LogP contribution in [0.3, 0.4) is 0 Å². The second-order valence-electron chi connectivity index (χ2n) is 6.60. The first-order valence-corrected chi connectivity index (χ1v) is 9.86. The fourth-order valence-electron chi connectivity index (χ4n) is 3.15. The minimum atomic E-state index is -3.20. The molecule has 7 heteroatoms. The molecule has 1 aliphatic rings. The maximum absolute atomic E-state index is 11.5. The molecule has 1 saturated heterocycles. The van der Waals surface area contributed by atoms with E-state index in [-0.39, 0.29) is 4.90 Å². The van der Waals surface area contributed by atoms with E-state index in [0.29, 0.717) is 12.6 Å². The van der Waals surface area contributed by atoms with E-state index in [4.69, 9.17) is 0 Å². The Morgan fingerprint density at radius 1 is 1.25 bits per heavy atom. The van der Waals surface area contributed by atoms with E-state index in [2.05, 4.69) is 27.7 Å². The zero-order valence-electron chi connectivity index (χ0n) is 14.2. The van der Waals surface area contributed by atoms with Gasteiger partial charge >= 0.3 is 0 Å². The Morgan fingerprint density at radius 3 is 2.38 bits per heavy atom. The monoisotopic (exact) mass is 349 g/mol. The first kappa shape index (κ1) is 17.1. The molecule has 1 N–H and O–H groups in total. The van der Waals surface area contributed by atoms with Gasteiger partial charge in [-0.25, -0.2) is 8.42 Å². The molecule has 24 heavy (non-hydrogen) atoms. The molecule has 1 aliphatic heterocycles. The first-order chi connectivity index (χ1) is 11.2. The van der Waals surface area contributed by atoms with Crippen molar-refractivity contribution in [3.63, 3.8) is 0 Å². The third kappa shape index (κ3) is 3.53. The summed E-state index contributed by atoms with van der Waals surface area (Å²) >= 11 is 0. The smallest absolute Gasteiger partial charge is 0.175 e. The predicted molar refractivity (Wildman–Crippen MR) is 91.7 cm³/mol. The van der Waals surface area contributed by atoms with Gasteiger partial charge in [0.15, 0.2) is 9.84 Å². The molecule has 3 rings (SSSR count). The second-order valence-corrected chi connectivity index (χ2v) is 8.62. The summed E-state index contributed by atoms with van der Waals surface area (Å²) < 4.78 is 25.0. The van der Waals surface area contributed by atoms with Crippen LogP contribution in [0.5, 0.6) is 0 Å². The molecule has 2 heterocycles. The Morgan fingerprint density at radius 2 is 1.88 bits per heavy atom. The van der Waals surface area contributed by atoms with Crippen molar-refractivity contribution >= 4 is 9.84 Å². The number of rotatable bonds is 5. The van der Waals surface area contributed by atoms with Gasteiger partial charge in [-0.2, -0.15) is 5.10 Å². The molecule has 1 aromatic carbocycles. The number of aliphatic hydroxyl groups is 1. The topological polar surface area (TPSA) is 75.4 Å². The van der Waals surface area contributed by atoms with Gasteiger partial charge in [0.2, 0.25) is 0 Å². The van der Waals surface area contributed by atoms with E-state index in [1.54, 1.807) is 24.3 Å². The van der Waals surface area contributed by atoms with Gasteiger partial charge in [-0.15, -0.1) is 0 Å². The van der Waals surface area contributed by atoms with Crippen LogP contribution in [0.2, 0.25) is 0 Å². The molecule has 2 aromatic rings. The Kier molecular flexibility index (Phi) is 4.50. The van der Waals surface area contributed by atoms with Crippen molar-refractivity contribution in [2.75, 3.05) is 25.9 Å². The highest BCUT2D eigenvalue weighted by Crippen LogP contribution is 2.26. The molecule has 0 aliphatic carbocycles. The van der Waals surface area contributed by atoms with Crippen LogP contribution in [-0.4, -0.2) is 54.1 Å². The van der Waals surface area contributed by atoms with Gasteiger partial charge < -0.3 is 5.11 Å². The molecule has 130 valence electrons. The highest BCUT2D eigenvalue weighted by molar-refractivity contribution is 7.90. The van der Waals surface area contributed by atoms with E-state index < -0.39 is 15.9 Å². The first-order valence-electron chi connectivity index (χ1n) is 7.97. The number of likely N-dealkylation sites (tertiary alicyclic amines) is 1. The van der Waals surface area contributed by atoms with E-state index in [1.807, 2.05) is 6.92 Å². The molecule has 0 unspecified atom stereocenters. The minimum absolute atomic E-state index is 0.270. The van der Waals surface area contributed by atoms with Crippen LogP contribution >= 0.6 is 0 Å². The van der Waals surface area contributed by atoms with Crippen LogP contribution in [-0.2, 0) is 9.84 Å². The lowest BCUT2D eigenvalue weighted by Crippen LogP contribution is -2.49. The lowest BCUT2D eigenvalue weighted by molar-refractivity contribution is 0.0393. The van der Waals surface area contributed by atoms with Crippen molar-refractivity contribution in [3.05, 3.63) is 47.3 Å². The number of aryl methyl sites for hydroxylation is 2. The van der Waals surface area contributed by atoms with E-state index in [0.717, 1.165) is 30.0 Å². The summed E-state index contributed by atoms with van der Waals surface area (Å²) in [6.45, 7) is 6.31. The van der Waals surface area contributed by atoms with Gasteiger partial charge in [-0.05, 0) is 37.6 Å². The van der Waals surface area contributed by atoms with Crippen molar-refractivity contribution in [1.29, 1.82) is 0 Å². The van der Waals surface area contributed by atoms with Gasteiger partial charge in [-0.1, -0.05) is 12.1 Å². The molecule has 1 aromatic heterocycles. The van der Waals surface area contributed by atoms with E-state index in [9.17, 15) is 13.5 Å². The van der Waals surface area contributed by atoms with Crippen molar-refractivity contribution in [2.45, 2.75) is 30.9 Å². The molecule has 1 atom stereocenters. The summed E-state index contributed by atoms with van der Waals surface area (Å²) in [5, 5.41) is 14.9. The van der Waals surface area contributed by atoms with Crippen LogP contribution < -0.4 is 0 Å². The molecule has 0 amide bonds. The molecule has 0 saturated carbocycles. The third-order valence-corrected chi connectivity index (χ3v) is 5.58. The molecule has 0 bridgehead atoms. The highest BCUT2D eigenvalue weighted by atomic mass is 32.2. The number of β-amino-alcohol motifs (C(OH)–C–C–N with tert-alkyl or cyclic N) is 1. The minimum Gasteiger partial charge on any atom is -0.387 e. The molecular formula is C17H23N3O3S. The fraction of sp³-hybridized carbons (Fsp3) is 0.471. The number of aliphatic hydroxyl groups excluding tert-OH is 1. The van der Waals surface area contributed by atoms with Crippen LogP contribution in [0.4, 0.5) is 0 Å². The van der Waals surface area contributed by atoms with E-state index >= 15 is 0 Å². The SMILES string of the molecule is Cc1cc(C)n(C2CN(C[C@@H](O)c3ccc(S(C)(=O)=O)cc3)C2)n1. The Balaban J connectivity index is 1.57. The number of nitrogens with zero attached hydrogens (tertiary/aromatic N) is 3. The maximum Gasteiger partial charge on any atom is 0.175 e. The summed E-state index contributed by atoms with van der Waals surface area (Å²) in [5.74, 6) is 0. The van der Waals surface area contributed by atoms with Crippen molar-refractivity contribution in [2.24, 2.45) is 0 Å². The lowest BCUT2D eigenvalue weighted by atomic mass is 10.0. The average molecular weight is 349 g/mol. The fourth-order valence-corrected chi connectivity index (χ4v) is 3.78. The normalized spacial score (nSPS) is 17.7. The largest absolute Gasteiger partial charge is 0.387 e. The van der Waals surface area contributed by atoms with Crippen LogP contribution in [0.1, 0.15) is 29.1 Å². The Hall–Kier alpha value is -1.70. The average Bonchev–Trinajstić information content (AvgIpc) is 2.79. The molecule has 6 nitrogen and oxygen atoms in total. The van der Waals surface area contributed by atoms with Crippen molar-refractivity contribution in [3.8, 4) is 0 Å². The zero-order valence-corrected chi connectivity index (χ0v) is 15.0. The number of hydrogen-bond donors (Lipinski definition) is 1. The molecule has 1 fully saturated rings. The molecular weight excluding hydrogens is 326 g/mol. The summed E-state index contributed by atoms with van der Waals surface area (Å²) in [7, 11) is -3.20. The summed E-state index contributed by atoms with van der Waals surface area (Å²) in [4.78, 5) is 2.45. The number of hydrogen-bond acceptors (Lipinski definition) is 5. The van der Waals surface area contributed by atoms with Crippen LogP contribution in [0.15, 0.2) is 35.2 Å². The van der Waals surface area contributed by atoms with Crippen LogP contribution in [0, 0.1) is 13.8 Å². The van der Waals surface area contributed by atoms with Crippen LogP contribution in [0.25, 0.3) is 0 Å². The van der Waals surface area contributed by atoms with Crippen molar-refractivity contribution < 1.29 is 13.5 Å². The third-order valence-electron chi connectivity index (χ3n) is 4.45. The van der Waals surface area contributed by atoms with E-state index in [1.165, 1.54) is 6.26 Å². The predicted octanol–water partition coefficient (Wildman–Crippen LogP) is 1.49. The standard InChI is InChI=1S/C17H23N3O3S/c1-12-8-13(2)20(18-12)15-9-19(10-15)11-17(21)14-4-6-16(7-5-14)24(3,22)23/h4-8,15,17,21H,9-11H2,1-3H3/t17-/m1/s1. The van der Waals surface area contributed by atoms with Gasteiger partial charge in [0, 0.05) is 31.6 Å². The second kappa shape index (κ2) is 6.31. The van der Waals surface area contributed by atoms with Crippen molar-refractivity contribution in [1.82, 2.24) is 14.7 Å². The number of benzene rings is 1. The maximum atomic E-state index is 11.5. The summed E-state index contributed by atoms with van der Waals surface area (Å²) in [6.07, 6.45) is 0.553. The summed E-state index contributed by atoms with van der Waals surface area (Å²) in [6, 6.07) is 8.88. The summed E-state index contributed by atoms with van der Waals surface area (Å²) in [5.41, 5.74) is 2.92. The molecule has 0 radical (unpaired) electrons. The number of aromatic nitrogens is 2. The number of sulfone groups is 1. The van der Waals surface area contributed by atoms with Gasteiger partial charge in [-0.3, -0.25) is 9.58 Å².